The number of guanidine groups is 1. The van der Waals surface area contributed by atoms with Crippen molar-refractivity contribution >= 4 is 29.9 Å². The van der Waals surface area contributed by atoms with Gasteiger partial charge in [0.2, 0.25) is 0 Å². The molecule has 0 unspecified atom stereocenters. The first-order chi connectivity index (χ1) is 9.27. The molecule has 0 atom stereocenters. The van der Waals surface area contributed by atoms with Crippen LogP contribution in [-0.2, 0) is 11.3 Å². The van der Waals surface area contributed by atoms with E-state index in [0.29, 0.717) is 13.2 Å². The first kappa shape index (κ1) is 19.1. The van der Waals surface area contributed by atoms with Crippen LogP contribution in [0.4, 0.5) is 0 Å². The van der Waals surface area contributed by atoms with E-state index < -0.39 is 0 Å². The first-order valence-electron chi connectivity index (χ1n) is 6.78. The third kappa shape index (κ3) is 7.64. The molecule has 6 heteroatoms. The van der Waals surface area contributed by atoms with Crippen LogP contribution in [0.5, 0.6) is 0 Å². The Bertz CT molecular complexity index is 399. The quantitative estimate of drug-likeness (QED) is 0.323. The molecule has 0 radical (unpaired) electrons. The van der Waals surface area contributed by atoms with E-state index in [2.05, 4.69) is 20.6 Å². The van der Waals surface area contributed by atoms with E-state index in [9.17, 15) is 0 Å². The first-order valence-corrected chi connectivity index (χ1v) is 6.78. The highest BCUT2D eigenvalue weighted by atomic mass is 127. The number of aliphatic imine (C=N–C) groups is 1. The van der Waals surface area contributed by atoms with Gasteiger partial charge in [-0.1, -0.05) is 6.07 Å². The molecule has 0 aliphatic carbocycles. The molecule has 0 saturated carbocycles. The predicted octanol–water partition coefficient (Wildman–Crippen LogP) is 2.10. The molecule has 0 aliphatic rings. The number of hydrogen-bond acceptors (Lipinski definition) is 3. The molecule has 5 nitrogen and oxygen atoms in total. The van der Waals surface area contributed by atoms with Crippen LogP contribution in [0.25, 0.3) is 0 Å². The topological polar surface area (TPSA) is 58.5 Å². The summed E-state index contributed by atoms with van der Waals surface area (Å²) < 4.78 is 5.29. The Morgan fingerprint density at radius 2 is 2.15 bits per heavy atom. The lowest BCUT2D eigenvalue weighted by atomic mass is 10.2. The summed E-state index contributed by atoms with van der Waals surface area (Å²) >= 11 is 0. The third-order valence-corrected chi connectivity index (χ3v) is 2.59. The summed E-state index contributed by atoms with van der Waals surface area (Å²) in [4.78, 5) is 8.85. The lowest BCUT2D eigenvalue weighted by molar-refractivity contribution is 0.152. The molecule has 1 heterocycles. The van der Waals surface area contributed by atoms with Gasteiger partial charge >= 0.3 is 0 Å². The maximum Gasteiger partial charge on any atom is 0.191 e. The van der Waals surface area contributed by atoms with Gasteiger partial charge in [-0.15, -0.1) is 24.0 Å². The second-order valence-electron chi connectivity index (χ2n) is 4.09. The minimum atomic E-state index is 0. The molecule has 0 spiro atoms. The van der Waals surface area contributed by atoms with Gasteiger partial charge in [0.15, 0.2) is 5.96 Å². The number of rotatable bonds is 7. The van der Waals surface area contributed by atoms with Gasteiger partial charge in [0.25, 0.3) is 0 Å². The van der Waals surface area contributed by atoms with Crippen molar-refractivity contribution in [1.29, 1.82) is 0 Å². The maximum absolute atomic E-state index is 5.29. The lowest BCUT2D eigenvalue weighted by Gasteiger charge is -2.11. The minimum Gasteiger partial charge on any atom is -0.380 e. The number of halogens is 1. The lowest BCUT2D eigenvalue weighted by Crippen LogP contribution is -2.39. The van der Waals surface area contributed by atoms with Gasteiger partial charge < -0.3 is 15.4 Å². The Hall–Kier alpha value is -0.890. The van der Waals surface area contributed by atoms with E-state index >= 15 is 0 Å². The molecule has 1 aromatic rings. The Balaban J connectivity index is 0.00000361. The van der Waals surface area contributed by atoms with Crippen molar-refractivity contribution in [3.05, 3.63) is 29.6 Å². The van der Waals surface area contributed by atoms with Crippen LogP contribution in [0.1, 0.15) is 25.1 Å². The van der Waals surface area contributed by atoms with Crippen LogP contribution in [0.2, 0.25) is 0 Å². The molecule has 0 aromatic carbocycles. The van der Waals surface area contributed by atoms with Crippen LogP contribution < -0.4 is 10.6 Å². The largest absolute Gasteiger partial charge is 0.380 e. The SMILES string of the molecule is CCNC(=NCc1ncccc1C)NCCOCC.I. The van der Waals surface area contributed by atoms with Gasteiger partial charge in [0, 0.05) is 25.9 Å². The van der Waals surface area contributed by atoms with Crippen LogP contribution in [0.3, 0.4) is 0 Å². The molecular weight excluding hydrogens is 367 g/mol. The number of nitrogens with zero attached hydrogens (tertiary/aromatic N) is 2. The van der Waals surface area contributed by atoms with Gasteiger partial charge in [-0.25, -0.2) is 4.99 Å². The average molecular weight is 392 g/mol. The number of nitrogens with one attached hydrogen (secondary N) is 2. The molecule has 1 aromatic heterocycles. The summed E-state index contributed by atoms with van der Waals surface area (Å²) in [6.45, 7) is 9.67. The van der Waals surface area contributed by atoms with Crippen molar-refractivity contribution < 1.29 is 4.74 Å². The van der Waals surface area contributed by atoms with Crippen molar-refractivity contribution in [2.75, 3.05) is 26.3 Å². The predicted molar refractivity (Wildman–Crippen MR) is 93.7 cm³/mol. The van der Waals surface area contributed by atoms with E-state index in [1.165, 1.54) is 0 Å². The van der Waals surface area contributed by atoms with Crippen LogP contribution in [0, 0.1) is 6.92 Å². The van der Waals surface area contributed by atoms with Crippen LogP contribution in [0.15, 0.2) is 23.3 Å². The zero-order chi connectivity index (χ0) is 13.9. The Labute approximate surface area is 138 Å². The normalized spacial score (nSPS) is 10.8. The van der Waals surface area contributed by atoms with Gasteiger partial charge in [-0.2, -0.15) is 0 Å². The van der Waals surface area contributed by atoms with E-state index in [4.69, 9.17) is 4.74 Å². The highest BCUT2D eigenvalue weighted by Crippen LogP contribution is 2.04. The number of aryl methyl sites for hydroxylation is 1. The summed E-state index contributed by atoms with van der Waals surface area (Å²) in [7, 11) is 0. The van der Waals surface area contributed by atoms with E-state index in [0.717, 1.165) is 36.9 Å². The summed E-state index contributed by atoms with van der Waals surface area (Å²) in [6, 6.07) is 3.99. The van der Waals surface area contributed by atoms with Gasteiger partial charge in [-0.3, -0.25) is 4.98 Å². The highest BCUT2D eigenvalue weighted by molar-refractivity contribution is 14.0. The molecule has 114 valence electrons. The van der Waals surface area contributed by atoms with Crippen molar-refractivity contribution in [1.82, 2.24) is 15.6 Å². The Kier molecular flexibility index (Phi) is 11.4. The van der Waals surface area contributed by atoms with E-state index in [-0.39, 0.29) is 24.0 Å². The van der Waals surface area contributed by atoms with Crippen LogP contribution in [-0.4, -0.2) is 37.2 Å². The monoisotopic (exact) mass is 392 g/mol. The number of pyridine rings is 1. The van der Waals surface area contributed by atoms with E-state index in [1.807, 2.05) is 32.9 Å². The third-order valence-electron chi connectivity index (χ3n) is 2.59. The van der Waals surface area contributed by atoms with Gasteiger partial charge in [-0.05, 0) is 32.4 Å². The fourth-order valence-corrected chi connectivity index (χ4v) is 1.57. The van der Waals surface area contributed by atoms with E-state index in [1.54, 1.807) is 6.20 Å². The summed E-state index contributed by atoms with van der Waals surface area (Å²) in [5.41, 5.74) is 2.17. The van der Waals surface area contributed by atoms with Gasteiger partial charge in [0.1, 0.15) is 0 Å². The number of aromatic nitrogens is 1. The maximum atomic E-state index is 5.29. The number of ether oxygens (including phenoxy) is 1. The fourth-order valence-electron chi connectivity index (χ4n) is 1.57. The zero-order valence-electron chi connectivity index (χ0n) is 12.5. The van der Waals surface area contributed by atoms with Crippen molar-refractivity contribution in [3.8, 4) is 0 Å². The minimum absolute atomic E-state index is 0. The molecule has 0 amide bonds. The number of hydrogen-bond donors (Lipinski definition) is 2. The second-order valence-corrected chi connectivity index (χ2v) is 4.09. The standard InChI is InChI=1S/C14H24N4O.HI/c1-4-15-14(17-9-10-19-5-2)18-11-13-12(3)7-6-8-16-13;/h6-8H,4-5,9-11H2,1-3H3,(H2,15,17,18);1H. The van der Waals surface area contributed by atoms with Gasteiger partial charge in [0.05, 0.1) is 18.8 Å². The highest BCUT2D eigenvalue weighted by Gasteiger charge is 2.00. The zero-order valence-corrected chi connectivity index (χ0v) is 14.8. The van der Waals surface area contributed by atoms with Crippen molar-refractivity contribution in [3.63, 3.8) is 0 Å². The molecule has 0 fully saturated rings. The molecule has 0 saturated heterocycles. The molecule has 1 rings (SSSR count). The summed E-state index contributed by atoms with van der Waals surface area (Å²) in [5, 5.41) is 6.44. The Morgan fingerprint density at radius 3 is 2.80 bits per heavy atom. The fraction of sp³-hybridized carbons (Fsp3) is 0.571. The molecule has 0 aliphatic heterocycles. The Morgan fingerprint density at radius 1 is 1.35 bits per heavy atom. The molecule has 20 heavy (non-hydrogen) atoms. The molecular formula is C14H25IN4O. The van der Waals surface area contributed by atoms with Crippen molar-refractivity contribution in [2.24, 2.45) is 4.99 Å². The smallest absolute Gasteiger partial charge is 0.191 e. The van der Waals surface area contributed by atoms with Crippen molar-refractivity contribution in [2.45, 2.75) is 27.3 Å². The van der Waals surface area contributed by atoms with Crippen LogP contribution >= 0.6 is 24.0 Å². The summed E-state index contributed by atoms with van der Waals surface area (Å²) in [5.74, 6) is 0.798. The molecule has 2 N–H and O–H groups in total. The average Bonchev–Trinajstić information content (AvgIpc) is 2.42. The molecule has 0 bridgehead atoms. The second kappa shape index (κ2) is 11.9. The summed E-state index contributed by atoms with van der Waals surface area (Å²) in [6.07, 6.45) is 1.80.